The molecule has 0 radical (unpaired) electrons. The number of nitrogens with one attached hydrogen (secondary N) is 5. The van der Waals surface area contributed by atoms with Gasteiger partial charge >= 0.3 is 5.97 Å². The molecule has 0 bridgehead atoms. The smallest absolute Gasteiger partial charge is 0.338 e. The molecule has 0 fully saturated rings. The molecule has 6 N–H and O–H groups in total. The molecule has 0 spiro atoms. The number of hydrogen-bond donors (Lipinski definition) is 6. The van der Waals surface area contributed by atoms with Crippen LogP contribution < -0.4 is 25.4 Å². The largest absolute Gasteiger partial charge is 0.495 e. The van der Waals surface area contributed by atoms with Crippen molar-refractivity contribution in [2.24, 2.45) is 9.98 Å². The molecule has 6 heterocycles. The number of fused-ring (bicyclic) bond motifs is 4. The van der Waals surface area contributed by atoms with E-state index >= 15 is 0 Å². The SMILES string of the molecule is COc1cc2c(cc1Nc1ncnc3[nH]cc(C(=O)NC(C)C)c13)C=NC2.COc1cc2c(cc1Nc1ncnc3[nH]cc(C(=O)O)c13)C=NC2. The zero-order valence-electron chi connectivity index (χ0n) is 28.0. The Morgan fingerprint density at radius 2 is 1.24 bits per heavy atom. The molecule has 258 valence electrons. The van der Waals surface area contributed by atoms with Crippen LogP contribution in [0.25, 0.3) is 22.1 Å². The molecule has 0 unspecified atom stereocenters. The van der Waals surface area contributed by atoms with E-state index in [0.717, 1.165) is 27.9 Å². The molecule has 2 aromatic carbocycles. The van der Waals surface area contributed by atoms with Gasteiger partial charge in [0.05, 0.1) is 60.6 Å². The summed E-state index contributed by atoms with van der Waals surface area (Å²) in [6, 6.07) is 7.79. The van der Waals surface area contributed by atoms with Crippen LogP contribution >= 0.6 is 0 Å². The molecule has 1 amide bonds. The predicted molar refractivity (Wildman–Crippen MR) is 192 cm³/mol. The lowest BCUT2D eigenvalue weighted by molar-refractivity contribution is 0.0698. The van der Waals surface area contributed by atoms with Crippen LogP contribution in [0.3, 0.4) is 0 Å². The first-order chi connectivity index (χ1) is 24.7. The quantitative estimate of drug-likeness (QED) is 0.117. The van der Waals surface area contributed by atoms with Gasteiger partial charge in [0.2, 0.25) is 0 Å². The number of amides is 1. The fraction of sp³-hybridized carbons (Fsp3) is 0.200. The molecule has 8 rings (SSSR count). The summed E-state index contributed by atoms with van der Waals surface area (Å²) >= 11 is 0. The lowest BCUT2D eigenvalue weighted by Crippen LogP contribution is -2.29. The number of carbonyl (C=O) groups is 2. The first-order valence-electron chi connectivity index (χ1n) is 15.9. The Morgan fingerprint density at radius 1 is 0.745 bits per heavy atom. The van der Waals surface area contributed by atoms with Crippen molar-refractivity contribution >= 4 is 69.4 Å². The summed E-state index contributed by atoms with van der Waals surface area (Å²) in [5.41, 5.74) is 7.30. The van der Waals surface area contributed by atoms with Crippen molar-refractivity contribution in [2.75, 3.05) is 24.9 Å². The van der Waals surface area contributed by atoms with Crippen molar-refractivity contribution < 1.29 is 24.2 Å². The van der Waals surface area contributed by atoms with Crippen LogP contribution in [-0.2, 0) is 13.1 Å². The number of anilines is 4. The van der Waals surface area contributed by atoms with Crippen molar-refractivity contribution in [2.45, 2.75) is 33.0 Å². The van der Waals surface area contributed by atoms with Crippen LogP contribution in [0.1, 0.15) is 56.8 Å². The van der Waals surface area contributed by atoms with Crippen LogP contribution in [0.4, 0.5) is 23.0 Å². The van der Waals surface area contributed by atoms with Gasteiger partial charge in [-0.1, -0.05) is 0 Å². The highest BCUT2D eigenvalue weighted by Crippen LogP contribution is 2.36. The van der Waals surface area contributed by atoms with Crippen molar-refractivity contribution in [3.8, 4) is 11.5 Å². The maximum absolute atomic E-state index is 12.6. The van der Waals surface area contributed by atoms with Gasteiger partial charge in [0.15, 0.2) is 0 Å². The van der Waals surface area contributed by atoms with Gasteiger partial charge in [0.1, 0.15) is 47.1 Å². The van der Waals surface area contributed by atoms with Crippen molar-refractivity contribution in [3.63, 3.8) is 0 Å². The summed E-state index contributed by atoms with van der Waals surface area (Å²) in [5, 5.41) is 19.7. The Kier molecular flexibility index (Phi) is 8.71. The van der Waals surface area contributed by atoms with Gasteiger partial charge in [-0.25, -0.2) is 24.7 Å². The Morgan fingerprint density at radius 3 is 1.71 bits per heavy atom. The van der Waals surface area contributed by atoms with E-state index in [1.54, 1.807) is 26.6 Å². The molecule has 0 saturated carbocycles. The van der Waals surface area contributed by atoms with Gasteiger partial charge in [-0.3, -0.25) is 14.8 Å². The van der Waals surface area contributed by atoms with Crippen LogP contribution in [0.2, 0.25) is 0 Å². The van der Waals surface area contributed by atoms with Crippen molar-refractivity contribution in [3.05, 3.63) is 82.7 Å². The maximum atomic E-state index is 12.6. The first-order valence-corrected chi connectivity index (χ1v) is 15.9. The second-order valence-electron chi connectivity index (χ2n) is 11.9. The van der Waals surface area contributed by atoms with Crippen LogP contribution in [0.15, 0.2) is 59.3 Å². The number of aromatic amines is 2. The number of methoxy groups -OCH3 is 2. The predicted octanol–water partition coefficient (Wildman–Crippen LogP) is 5.12. The van der Waals surface area contributed by atoms with Gasteiger partial charge in [0, 0.05) is 30.9 Å². The number of carboxylic acids is 1. The van der Waals surface area contributed by atoms with E-state index in [0.29, 0.717) is 69.5 Å². The average molecular weight is 688 g/mol. The molecular formula is C35H33N11O5. The normalized spacial score (nSPS) is 12.4. The average Bonchev–Trinajstić information content (AvgIpc) is 3.93. The van der Waals surface area contributed by atoms with Gasteiger partial charge in [-0.2, -0.15) is 0 Å². The summed E-state index contributed by atoms with van der Waals surface area (Å²) in [6.07, 6.45) is 9.51. The molecule has 6 aromatic rings. The molecule has 16 nitrogen and oxygen atoms in total. The summed E-state index contributed by atoms with van der Waals surface area (Å²) in [7, 11) is 3.20. The summed E-state index contributed by atoms with van der Waals surface area (Å²) in [6.45, 7) is 5.12. The minimum Gasteiger partial charge on any atom is -0.495 e. The third-order valence-corrected chi connectivity index (χ3v) is 8.25. The number of aromatic carboxylic acids is 1. The number of ether oxygens (including phenoxy) is 2. The maximum Gasteiger partial charge on any atom is 0.338 e. The highest BCUT2D eigenvalue weighted by molar-refractivity contribution is 6.10. The molecule has 2 aliphatic rings. The number of aromatic nitrogens is 6. The third-order valence-electron chi connectivity index (χ3n) is 8.25. The van der Waals surface area contributed by atoms with Crippen molar-refractivity contribution in [1.82, 2.24) is 35.2 Å². The van der Waals surface area contributed by atoms with Gasteiger partial charge in [-0.05, 0) is 60.4 Å². The standard InChI is InChI=1S/C19H20N6O2.C16H13N5O3/c1-10(2)24-19(26)13-8-21-17-16(13)18(23-9-22-17)25-14-4-11-6-20-7-12(11)5-15(14)27-3;1-24-12-3-9-5-17-4-8(9)2-11(12)21-15-13-10(16(22)23)6-18-14(13)19-7-20-15/h4-6,8-10H,7H2,1-3H3,(H,24,26)(H2,21,22,23,25);2-4,6-7H,5H2,1H3,(H,22,23)(H2,18,19,20,21). The number of aliphatic imine (C=N–C) groups is 2. The Bertz CT molecular complexity index is 2380. The van der Waals surface area contributed by atoms with E-state index in [9.17, 15) is 14.7 Å². The fourth-order valence-corrected chi connectivity index (χ4v) is 5.87. The van der Waals surface area contributed by atoms with E-state index in [1.807, 2.05) is 44.3 Å². The number of rotatable bonds is 9. The van der Waals surface area contributed by atoms with Crippen LogP contribution in [0.5, 0.6) is 11.5 Å². The van der Waals surface area contributed by atoms with E-state index in [1.165, 1.54) is 18.9 Å². The summed E-state index contributed by atoms with van der Waals surface area (Å²) in [4.78, 5) is 55.2. The number of hydrogen-bond acceptors (Lipinski definition) is 12. The molecule has 0 aliphatic carbocycles. The van der Waals surface area contributed by atoms with Gasteiger partial charge in [0.25, 0.3) is 5.91 Å². The highest BCUT2D eigenvalue weighted by Gasteiger charge is 2.21. The topological polar surface area (TPSA) is 217 Å². The molecule has 0 saturated heterocycles. The fourth-order valence-electron chi connectivity index (χ4n) is 5.87. The molecule has 4 aromatic heterocycles. The third kappa shape index (κ3) is 6.37. The van der Waals surface area contributed by atoms with Crippen LogP contribution in [0, 0.1) is 0 Å². The molecule has 2 aliphatic heterocycles. The van der Waals surface area contributed by atoms with Gasteiger partial charge in [-0.15, -0.1) is 0 Å². The highest BCUT2D eigenvalue weighted by atomic mass is 16.5. The number of H-pyrrole nitrogens is 2. The van der Waals surface area contributed by atoms with E-state index in [4.69, 9.17) is 9.47 Å². The summed E-state index contributed by atoms with van der Waals surface area (Å²) in [5.74, 6) is 1.03. The number of nitrogens with zero attached hydrogens (tertiary/aromatic N) is 6. The summed E-state index contributed by atoms with van der Waals surface area (Å²) < 4.78 is 10.9. The Labute approximate surface area is 290 Å². The Hall–Kier alpha value is -6.84. The van der Waals surface area contributed by atoms with E-state index < -0.39 is 5.97 Å². The zero-order chi connectivity index (χ0) is 35.6. The van der Waals surface area contributed by atoms with Crippen molar-refractivity contribution in [1.29, 1.82) is 0 Å². The lowest BCUT2D eigenvalue weighted by Gasteiger charge is -2.14. The van der Waals surface area contributed by atoms with Crippen LogP contribution in [-0.4, -0.2) is 79.6 Å². The minimum atomic E-state index is -1.05. The monoisotopic (exact) mass is 687 g/mol. The zero-order valence-corrected chi connectivity index (χ0v) is 28.0. The number of carboxylic acid groups (broad SMARTS) is 1. The molecular weight excluding hydrogens is 654 g/mol. The number of carbonyl (C=O) groups excluding carboxylic acids is 1. The second-order valence-corrected chi connectivity index (χ2v) is 11.9. The molecule has 0 atom stereocenters. The van der Waals surface area contributed by atoms with E-state index in [2.05, 4.69) is 55.8 Å². The number of benzene rings is 2. The minimum absolute atomic E-state index is 0.0274. The Balaban J connectivity index is 0.000000160. The van der Waals surface area contributed by atoms with E-state index in [-0.39, 0.29) is 17.5 Å². The van der Waals surface area contributed by atoms with Gasteiger partial charge < -0.3 is 40.5 Å². The molecule has 51 heavy (non-hydrogen) atoms. The molecule has 16 heteroatoms. The lowest BCUT2D eigenvalue weighted by atomic mass is 10.1. The second kappa shape index (κ2) is 13.6. The first kappa shape index (κ1) is 32.7.